The predicted octanol–water partition coefficient (Wildman–Crippen LogP) is 5.79. The molecule has 0 aliphatic heterocycles. The van der Waals surface area contributed by atoms with Crippen molar-refractivity contribution in [2.75, 3.05) is 5.32 Å². The maximum atomic E-state index is 12.0. The summed E-state index contributed by atoms with van der Waals surface area (Å²) in [6.45, 7) is 0. The second kappa shape index (κ2) is 9.19. The molecule has 0 fully saturated rings. The zero-order chi connectivity index (χ0) is 18.4. The molecule has 0 atom stereocenters. The number of carbonyl (C=O) groups is 1. The average Bonchev–Trinajstić information content (AvgIpc) is 3.08. The van der Waals surface area contributed by atoms with Crippen molar-refractivity contribution in [2.45, 2.75) is 10.1 Å². The number of benzene rings is 2. The van der Waals surface area contributed by atoms with Crippen LogP contribution in [0.3, 0.4) is 0 Å². The number of nitrogens with zero attached hydrogens (tertiary/aromatic N) is 2. The molecule has 4 nitrogen and oxygen atoms in total. The largest absolute Gasteiger partial charge is 0.297 e. The molecule has 132 valence electrons. The Labute approximate surface area is 169 Å². The molecule has 0 aliphatic carbocycles. The number of amides is 1. The van der Waals surface area contributed by atoms with Crippen molar-refractivity contribution >= 4 is 63.4 Å². The van der Waals surface area contributed by atoms with Gasteiger partial charge in [0.05, 0.1) is 0 Å². The van der Waals surface area contributed by atoms with Gasteiger partial charge in [-0.05, 0) is 29.3 Å². The lowest BCUT2D eigenvalue weighted by molar-refractivity contribution is -0.111. The monoisotopic (exact) mass is 421 g/mol. The van der Waals surface area contributed by atoms with Crippen LogP contribution in [0.5, 0.6) is 0 Å². The quantitative estimate of drug-likeness (QED) is 0.310. The summed E-state index contributed by atoms with van der Waals surface area (Å²) in [6, 6.07) is 15.0. The highest BCUT2D eigenvalue weighted by Gasteiger charge is 2.08. The number of nitrogens with one attached hydrogen (secondary N) is 1. The van der Waals surface area contributed by atoms with Crippen LogP contribution in [-0.4, -0.2) is 16.1 Å². The Bertz CT molecular complexity index is 943. The van der Waals surface area contributed by atoms with E-state index in [1.54, 1.807) is 12.1 Å². The molecule has 1 amide bonds. The molecule has 0 saturated carbocycles. The third-order valence-electron chi connectivity index (χ3n) is 3.27. The first-order chi connectivity index (χ1) is 12.6. The van der Waals surface area contributed by atoms with E-state index in [4.69, 9.17) is 23.2 Å². The molecule has 2 aromatic carbocycles. The fourth-order valence-corrected chi connectivity index (χ4v) is 4.24. The van der Waals surface area contributed by atoms with Crippen molar-refractivity contribution in [1.29, 1.82) is 0 Å². The van der Waals surface area contributed by atoms with E-state index in [2.05, 4.69) is 15.5 Å². The normalized spacial score (nSPS) is 11.0. The molecule has 0 spiro atoms. The summed E-state index contributed by atoms with van der Waals surface area (Å²) in [7, 11) is 0. The van der Waals surface area contributed by atoms with E-state index in [0.717, 1.165) is 20.5 Å². The maximum Gasteiger partial charge on any atom is 0.250 e. The highest BCUT2D eigenvalue weighted by atomic mass is 35.5. The number of thioether (sulfide) groups is 1. The first kappa shape index (κ1) is 18.9. The molecular weight excluding hydrogens is 409 g/mol. The van der Waals surface area contributed by atoms with Crippen molar-refractivity contribution in [1.82, 2.24) is 10.2 Å². The van der Waals surface area contributed by atoms with Crippen molar-refractivity contribution in [3.8, 4) is 0 Å². The molecule has 0 unspecified atom stereocenters. The smallest absolute Gasteiger partial charge is 0.250 e. The van der Waals surface area contributed by atoms with Crippen LogP contribution in [0.1, 0.15) is 11.1 Å². The van der Waals surface area contributed by atoms with E-state index in [1.807, 2.05) is 42.5 Å². The molecule has 1 aromatic heterocycles. The van der Waals surface area contributed by atoms with Gasteiger partial charge in [0.25, 0.3) is 0 Å². The van der Waals surface area contributed by atoms with E-state index >= 15 is 0 Å². The fraction of sp³-hybridized carbons (Fsp3) is 0.0556. The lowest BCUT2D eigenvalue weighted by atomic mass is 10.2. The zero-order valence-electron chi connectivity index (χ0n) is 13.4. The first-order valence-corrected chi connectivity index (χ1v) is 10.1. The van der Waals surface area contributed by atoms with Crippen LogP contribution in [-0.2, 0) is 10.5 Å². The molecule has 0 radical (unpaired) electrons. The Morgan fingerprint density at radius 3 is 2.58 bits per heavy atom. The molecule has 1 N–H and O–H groups in total. The summed E-state index contributed by atoms with van der Waals surface area (Å²) in [6.07, 6.45) is 3.07. The SMILES string of the molecule is O=C(C=Cc1ccccc1Cl)Nc1nnc(SCc2ccccc2Cl)s1. The Morgan fingerprint density at radius 1 is 1.08 bits per heavy atom. The van der Waals surface area contributed by atoms with E-state index in [9.17, 15) is 4.79 Å². The summed E-state index contributed by atoms with van der Waals surface area (Å²) in [5, 5.41) is 12.5. The van der Waals surface area contributed by atoms with Crippen LogP contribution in [0.2, 0.25) is 10.0 Å². The first-order valence-electron chi connectivity index (χ1n) is 7.55. The van der Waals surface area contributed by atoms with Crippen molar-refractivity contribution in [3.05, 3.63) is 75.8 Å². The zero-order valence-corrected chi connectivity index (χ0v) is 16.5. The molecule has 1 heterocycles. The molecule has 26 heavy (non-hydrogen) atoms. The molecule has 8 heteroatoms. The topological polar surface area (TPSA) is 54.9 Å². The Morgan fingerprint density at radius 2 is 1.81 bits per heavy atom. The van der Waals surface area contributed by atoms with E-state index in [0.29, 0.717) is 15.9 Å². The minimum absolute atomic E-state index is 0.288. The van der Waals surface area contributed by atoms with Crippen LogP contribution < -0.4 is 5.32 Å². The lowest BCUT2D eigenvalue weighted by Gasteiger charge is -2.00. The van der Waals surface area contributed by atoms with Gasteiger partial charge in [-0.1, -0.05) is 82.7 Å². The third kappa shape index (κ3) is 5.32. The lowest BCUT2D eigenvalue weighted by Crippen LogP contribution is -2.07. The van der Waals surface area contributed by atoms with Gasteiger partial charge in [0.2, 0.25) is 11.0 Å². The summed E-state index contributed by atoms with van der Waals surface area (Å²) in [5.41, 5.74) is 1.81. The summed E-state index contributed by atoms with van der Waals surface area (Å²) in [4.78, 5) is 12.0. The van der Waals surface area contributed by atoms with Gasteiger partial charge in [0.15, 0.2) is 4.34 Å². The van der Waals surface area contributed by atoms with Crippen LogP contribution in [0.25, 0.3) is 6.08 Å². The van der Waals surface area contributed by atoms with Gasteiger partial charge in [0.1, 0.15) is 0 Å². The number of hydrogen-bond donors (Lipinski definition) is 1. The van der Waals surface area contributed by atoms with E-state index in [-0.39, 0.29) is 5.91 Å². The van der Waals surface area contributed by atoms with Crippen LogP contribution in [0, 0.1) is 0 Å². The minimum Gasteiger partial charge on any atom is -0.297 e. The average molecular weight is 422 g/mol. The fourth-order valence-electron chi connectivity index (χ4n) is 2.00. The maximum absolute atomic E-state index is 12.0. The molecule has 3 aromatic rings. The summed E-state index contributed by atoms with van der Waals surface area (Å²) >= 11 is 15.0. The summed E-state index contributed by atoms with van der Waals surface area (Å²) in [5.74, 6) is 0.401. The third-order valence-corrected chi connectivity index (χ3v) is 6.00. The van der Waals surface area contributed by atoms with Crippen LogP contribution in [0.15, 0.2) is 58.9 Å². The Hall–Kier alpha value is -1.86. The van der Waals surface area contributed by atoms with Crippen LogP contribution >= 0.6 is 46.3 Å². The van der Waals surface area contributed by atoms with Crippen molar-refractivity contribution in [3.63, 3.8) is 0 Å². The van der Waals surface area contributed by atoms with Gasteiger partial charge >= 0.3 is 0 Å². The number of anilines is 1. The number of rotatable bonds is 6. The highest BCUT2D eigenvalue weighted by Crippen LogP contribution is 2.30. The number of halogens is 2. The van der Waals surface area contributed by atoms with Gasteiger partial charge in [-0.3, -0.25) is 10.1 Å². The summed E-state index contributed by atoms with van der Waals surface area (Å²) < 4.78 is 0.760. The van der Waals surface area contributed by atoms with Crippen molar-refractivity contribution in [2.24, 2.45) is 0 Å². The Balaban J connectivity index is 1.55. The second-order valence-electron chi connectivity index (χ2n) is 5.10. The number of hydrogen-bond acceptors (Lipinski definition) is 5. The van der Waals surface area contributed by atoms with Crippen LogP contribution in [0.4, 0.5) is 5.13 Å². The van der Waals surface area contributed by atoms with Gasteiger partial charge in [0, 0.05) is 21.9 Å². The van der Waals surface area contributed by atoms with Gasteiger partial charge < -0.3 is 0 Å². The van der Waals surface area contributed by atoms with Gasteiger partial charge in [-0.2, -0.15) is 0 Å². The molecule has 0 saturated heterocycles. The van der Waals surface area contributed by atoms with E-state index < -0.39 is 0 Å². The number of aromatic nitrogens is 2. The molecule has 0 aliphatic rings. The van der Waals surface area contributed by atoms with Gasteiger partial charge in [-0.25, -0.2) is 0 Å². The van der Waals surface area contributed by atoms with Gasteiger partial charge in [-0.15, -0.1) is 10.2 Å². The molecule has 3 rings (SSSR count). The second-order valence-corrected chi connectivity index (χ2v) is 8.11. The minimum atomic E-state index is -0.288. The highest BCUT2D eigenvalue weighted by molar-refractivity contribution is 8.00. The van der Waals surface area contributed by atoms with Crippen molar-refractivity contribution < 1.29 is 4.79 Å². The predicted molar refractivity (Wildman–Crippen MR) is 110 cm³/mol. The standard InChI is InChI=1S/C18H13Cl2N3OS2/c19-14-7-3-1-5-12(14)9-10-16(24)21-17-22-23-18(26-17)25-11-13-6-2-4-8-15(13)20/h1-10H,11H2,(H,21,22,24). The number of carbonyl (C=O) groups excluding carboxylic acids is 1. The molecular formula is C18H13Cl2N3OS2. The Kier molecular flexibility index (Phi) is 6.68. The molecule has 0 bridgehead atoms. The van der Waals surface area contributed by atoms with E-state index in [1.165, 1.54) is 29.2 Å².